The molecule has 5 heteroatoms. The molecule has 3 N–H and O–H groups in total. The predicted octanol–water partition coefficient (Wildman–Crippen LogP) is 2.54. The lowest BCUT2D eigenvalue weighted by Gasteiger charge is -2.02. The second-order valence-corrected chi connectivity index (χ2v) is 5.89. The molecule has 0 unspecified atom stereocenters. The Bertz CT molecular complexity index is 557. The zero-order valence-corrected chi connectivity index (χ0v) is 12.0. The number of nitrogens with one attached hydrogen (secondary N) is 1. The van der Waals surface area contributed by atoms with Crippen LogP contribution in [0.5, 0.6) is 0 Å². The first-order valence-corrected chi connectivity index (χ1v) is 7.07. The Kier molecular flexibility index (Phi) is 4.39. The third kappa shape index (κ3) is 3.94. The molecule has 0 saturated carbocycles. The summed E-state index contributed by atoms with van der Waals surface area (Å²) in [5.74, 6) is 0. The van der Waals surface area contributed by atoms with Crippen LogP contribution < -0.4 is 5.73 Å². The summed E-state index contributed by atoms with van der Waals surface area (Å²) < 4.78 is 0. The van der Waals surface area contributed by atoms with Gasteiger partial charge in [0.2, 0.25) is 0 Å². The lowest BCUT2D eigenvalue weighted by molar-refractivity contribution is 0.775. The van der Waals surface area contributed by atoms with Gasteiger partial charge in [-0.3, -0.25) is 0 Å². The molecule has 1 atom stereocenters. The molecule has 0 amide bonds. The highest BCUT2D eigenvalue weighted by atomic mass is 32.1. The standard InChI is InChI=1S/C14H18N4S/c1-9-3-5-11(6-4-9)8-13-17-18-14(19-13)12(16)7-10(2)15/h3-6,10,16H,7-8,15H2,1-2H3/t10-/m0/s1. The number of aromatic nitrogens is 2. The van der Waals surface area contributed by atoms with Gasteiger partial charge < -0.3 is 11.1 Å². The van der Waals surface area contributed by atoms with Crippen molar-refractivity contribution in [1.29, 1.82) is 5.41 Å². The van der Waals surface area contributed by atoms with E-state index in [4.69, 9.17) is 11.1 Å². The molecule has 0 spiro atoms. The van der Waals surface area contributed by atoms with Crippen LogP contribution >= 0.6 is 11.3 Å². The Labute approximate surface area is 117 Å². The second-order valence-electron chi connectivity index (χ2n) is 4.82. The van der Waals surface area contributed by atoms with Crippen LogP contribution in [0.15, 0.2) is 24.3 Å². The Morgan fingerprint density at radius 2 is 2.00 bits per heavy atom. The zero-order chi connectivity index (χ0) is 13.8. The van der Waals surface area contributed by atoms with Gasteiger partial charge in [0.25, 0.3) is 0 Å². The number of nitrogens with two attached hydrogens (primary N) is 1. The number of rotatable bonds is 5. The van der Waals surface area contributed by atoms with Gasteiger partial charge >= 0.3 is 0 Å². The third-order valence-corrected chi connectivity index (χ3v) is 3.71. The molecule has 0 saturated heterocycles. The molecule has 0 aliphatic heterocycles. The minimum Gasteiger partial charge on any atom is -0.328 e. The molecule has 0 aliphatic rings. The van der Waals surface area contributed by atoms with E-state index in [1.54, 1.807) is 0 Å². The van der Waals surface area contributed by atoms with Gasteiger partial charge in [-0.15, -0.1) is 10.2 Å². The Morgan fingerprint density at radius 1 is 1.32 bits per heavy atom. The van der Waals surface area contributed by atoms with Crippen molar-refractivity contribution in [2.24, 2.45) is 5.73 Å². The molecule has 0 bridgehead atoms. The normalized spacial score (nSPS) is 12.4. The van der Waals surface area contributed by atoms with Crippen molar-refractivity contribution in [2.45, 2.75) is 32.7 Å². The first-order valence-electron chi connectivity index (χ1n) is 6.26. The highest BCUT2D eigenvalue weighted by Crippen LogP contribution is 2.16. The first-order chi connectivity index (χ1) is 9.04. The number of hydrogen-bond donors (Lipinski definition) is 2. The van der Waals surface area contributed by atoms with Crippen LogP contribution in [0.3, 0.4) is 0 Å². The fourth-order valence-electron chi connectivity index (χ4n) is 1.74. The van der Waals surface area contributed by atoms with Crippen molar-refractivity contribution >= 4 is 17.0 Å². The molecule has 4 nitrogen and oxygen atoms in total. The minimum absolute atomic E-state index is 0.0167. The van der Waals surface area contributed by atoms with E-state index < -0.39 is 0 Å². The van der Waals surface area contributed by atoms with Crippen molar-refractivity contribution in [3.8, 4) is 0 Å². The van der Waals surface area contributed by atoms with E-state index in [0.717, 1.165) is 11.4 Å². The van der Waals surface area contributed by atoms with Gasteiger partial charge in [-0.2, -0.15) is 0 Å². The van der Waals surface area contributed by atoms with Gasteiger partial charge in [-0.1, -0.05) is 41.2 Å². The zero-order valence-electron chi connectivity index (χ0n) is 11.2. The van der Waals surface area contributed by atoms with Crippen LogP contribution in [-0.4, -0.2) is 22.0 Å². The molecular weight excluding hydrogens is 256 g/mol. The largest absolute Gasteiger partial charge is 0.328 e. The summed E-state index contributed by atoms with van der Waals surface area (Å²) in [7, 11) is 0. The molecule has 100 valence electrons. The Morgan fingerprint density at radius 3 is 2.63 bits per heavy atom. The molecule has 0 aliphatic carbocycles. The number of hydrogen-bond acceptors (Lipinski definition) is 5. The quantitative estimate of drug-likeness (QED) is 0.823. The van der Waals surface area contributed by atoms with Crippen LogP contribution in [0.1, 0.15) is 34.5 Å². The molecule has 2 aromatic rings. The maximum atomic E-state index is 7.91. The molecule has 0 radical (unpaired) electrons. The Hall–Kier alpha value is -1.59. The van der Waals surface area contributed by atoms with Crippen molar-refractivity contribution in [3.63, 3.8) is 0 Å². The van der Waals surface area contributed by atoms with Gasteiger partial charge in [0, 0.05) is 18.9 Å². The van der Waals surface area contributed by atoms with Crippen molar-refractivity contribution in [2.75, 3.05) is 0 Å². The summed E-state index contributed by atoms with van der Waals surface area (Å²) in [6.07, 6.45) is 1.31. The molecular formula is C14H18N4S. The maximum Gasteiger partial charge on any atom is 0.161 e. The fourth-order valence-corrected chi connectivity index (χ4v) is 2.57. The van der Waals surface area contributed by atoms with E-state index in [1.807, 2.05) is 6.92 Å². The SMILES string of the molecule is Cc1ccc(Cc2nnc(C(=N)C[C@H](C)N)s2)cc1. The predicted molar refractivity (Wildman–Crippen MR) is 79.0 cm³/mol. The van der Waals surface area contributed by atoms with Gasteiger partial charge in [-0.25, -0.2) is 0 Å². The average Bonchev–Trinajstić information content (AvgIpc) is 2.80. The van der Waals surface area contributed by atoms with E-state index in [1.165, 1.54) is 22.5 Å². The van der Waals surface area contributed by atoms with Crippen molar-refractivity contribution in [3.05, 3.63) is 45.4 Å². The maximum absolute atomic E-state index is 7.91. The van der Waals surface area contributed by atoms with Gasteiger partial charge in [0.1, 0.15) is 5.01 Å². The van der Waals surface area contributed by atoms with Crippen molar-refractivity contribution in [1.82, 2.24) is 10.2 Å². The van der Waals surface area contributed by atoms with Gasteiger partial charge in [0.15, 0.2) is 5.01 Å². The summed E-state index contributed by atoms with van der Waals surface area (Å²) in [5, 5.41) is 17.7. The minimum atomic E-state index is -0.0167. The topological polar surface area (TPSA) is 75.7 Å². The van der Waals surface area contributed by atoms with Crippen LogP contribution in [0, 0.1) is 12.3 Å². The average molecular weight is 274 g/mol. The summed E-state index contributed by atoms with van der Waals surface area (Å²) in [5.41, 5.74) is 8.63. The first kappa shape index (κ1) is 13.8. The van der Waals surface area contributed by atoms with E-state index in [2.05, 4.69) is 41.4 Å². The van der Waals surface area contributed by atoms with E-state index in [0.29, 0.717) is 17.1 Å². The molecule has 1 aromatic heterocycles. The molecule has 0 fully saturated rings. The summed E-state index contributed by atoms with van der Waals surface area (Å²) in [6.45, 7) is 3.96. The number of nitrogens with zero attached hydrogens (tertiary/aromatic N) is 2. The smallest absolute Gasteiger partial charge is 0.161 e. The van der Waals surface area contributed by atoms with Crippen LogP contribution in [-0.2, 0) is 6.42 Å². The lowest BCUT2D eigenvalue weighted by Crippen LogP contribution is -2.19. The number of aryl methyl sites for hydroxylation is 1. The second kappa shape index (κ2) is 6.04. The van der Waals surface area contributed by atoms with E-state index in [9.17, 15) is 0 Å². The van der Waals surface area contributed by atoms with Crippen LogP contribution in [0.4, 0.5) is 0 Å². The third-order valence-electron chi connectivity index (χ3n) is 2.73. The van der Waals surface area contributed by atoms with Crippen LogP contribution in [0.25, 0.3) is 0 Å². The van der Waals surface area contributed by atoms with Gasteiger partial charge in [-0.05, 0) is 19.4 Å². The number of benzene rings is 1. The molecule has 19 heavy (non-hydrogen) atoms. The Balaban J connectivity index is 2.05. The molecule has 1 heterocycles. The molecule has 1 aromatic carbocycles. The monoisotopic (exact) mass is 274 g/mol. The van der Waals surface area contributed by atoms with Crippen LogP contribution in [0.2, 0.25) is 0 Å². The van der Waals surface area contributed by atoms with E-state index >= 15 is 0 Å². The highest BCUT2D eigenvalue weighted by Gasteiger charge is 2.11. The fraction of sp³-hybridized carbons (Fsp3) is 0.357. The van der Waals surface area contributed by atoms with Crippen molar-refractivity contribution < 1.29 is 0 Å². The summed E-state index contributed by atoms with van der Waals surface area (Å²) in [4.78, 5) is 0. The van der Waals surface area contributed by atoms with E-state index in [-0.39, 0.29) is 6.04 Å². The summed E-state index contributed by atoms with van der Waals surface area (Å²) in [6, 6.07) is 8.37. The lowest BCUT2D eigenvalue weighted by atomic mass is 10.1. The summed E-state index contributed by atoms with van der Waals surface area (Å²) >= 11 is 1.48. The van der Waals surface area contributed by atoms with Gasteiger partial charge in [0.05, 0.1) is 5.71 Å². The highest BCUT2D eigenvalue weighted by molar-refractivity contribution is 7.13. The molecule has 2 rings (SSSR count).